The number of nitrogens with zero attached hydrogens (tertiary/aromatic N) is 3. The minimum atomic E-state index is 0.0518. The zero-order valence-corrected chi connectivity index (χ0v) is 11.6. The highest BCUT2D eigenvalue weighted by molar-refractivity contribution is 5.95. The summed E-state index contributed by atoms with van der Waals surface area (Å²) in [6.45, 7) is 4.65. The third kappa shape index (κ3) is 3.10. The van der Waals surface area contributed by atoms with Crippen molar-refractivity contribution < 1.29 is 9.90 Å². The number of aliphatic hydroxyl groups is 1. The lowest BCUT2D eigenvalue weighted by Gasteiger charge is -2.25. The molecule has 1 amide bonds. The number of hydrogen-bond donors (Lipinski definition) is 1. The van der Waals surface area contributed by atoms with Gasteiger partial charge < -0.3 is 10.0 Å². The first-order valence-electron chi connectivity index (χ1n) is 6.86. The van der Waals surface area contributed by atoms with Crippen LogP contribution in [0, 0.1) is 13.8 Å². The first kappa shape index (κ1) is 13.9. The molecular formula is C14H21N3O2. The molecule has 2 heterocycles. The summed E-state index contributed by atoms with van der Waals surface area (Å²) in [6, 6.07) is 2.07. The van der Waals surface area contributed by atoms with Crippen molar-refractivity contribution in [2.24, 2.45) is 0 Å². The van der Waals surface area contributed by atoms with Gasteiger partial charge >= 0.3 is 0 Å². The summed E-state index contributed by atoms with van der Waals surface area (Å²) in [5, 5.41) is 16.9. The van der Waals surface area contributed by atoms with Crippen molar-refractivity contribution in [3.63, 3.8) is 0 Å². The second-order valence-corrected chi connectivity index (χ2v) is 5.15. The third-order valence-electron chi connectivity index (χ3n) is 3.66. The first-order valence-corrected chi connectivity index (χ1v) is 6.86. The van der Waals surface area contributed by atoms with Crippen LogP contribution in [0.1, 0.15) is 47.4 Å². The molecule has 1 N–H and O–H groups in total. The number of aryl methyl sites for hydroxylation is 2. The molecule has 0 spiro atoms. The minimum Gasteiger partial charge on any atom is -0.396 e. The molecule has 1 aromatic rings. The van der Waals surface area contributed by atoms with E-state index in [-0.39, 0.29) is 18.6 Å². The summed E-state index contributed by atoms with van der Waals surface area (Å²) < 4.78 is 0. The summed E-state index contributed by atoms with van der Waals surface area (Å²) in [4.78, 5) is 14.5. The zero-order valence-electron chi connectivity index (χ0n) is 11.6. The van der Waals surface area contributed by atoms with Gasteiger partial charge in [0.1, 0.15) is 0 Å². The molecule has 1 saturated heterocycles. The lowest BCUT2D eigenvalue weighted by Crippen LogP contribution is -2.36. The molecule has 5 nitrogen and oxygen atoms in total. The van der Waals surface area contributed by atoms with Crippen LogP contribution in [0.2, 0.25) is 0 Å². The first-order chi connectivity index (χ1) is 9.13. The lowest BCUT2D eigenvalue weighted by atomic mass is 10.1. The average Bonchev–Trinajstić information content (AvgIpc) is 2.86. The smallest absolute Gasteiger partial charge is 0.256 e. The average molecular weight is 263 g/mol. The molecule has 1 unspecified atom stereocenters. The van der Waals surface area contributed by atoms with E-state index in [4.69, 9.17) is 5.11 Å². The standard InChI is InChI=1S/C14H21N3O2/c1-10-9-13(11(2)16-15-10)14(19)17-7-3-5-12(17)6-4-8-18/h9,12,18H,3-8H2,1-2H3. The second kappa shape index (κ2) is 6.10. The van der Waals surface area contributed by atoms with E-state index in [0.29, 0.717) is 11.3 Å². The number of carbonyl (C=O) groups excluding carboxylic acids is 1. The molecule has 2 rings (SSSR count). The molecule has 0 radical (unpaired) electrons. The predicted molar refractivity (Wildman–Crippen MR) is 71.9 cm³/mol. The molecule has 0 saturated carbocycles. The Kier molecular flexibility index (Phi) is 4.47. The van der Waals surface area contributed by atoms with E-state index < -0.39 is 0 Å². The Bertz CT molecular complexity index is 462. The minimum absolute atomic E-state index is 0.0518. The van der Waals surface area contributed by atoms with Crippen LogP contribution < -0.4 is 0 Å². The van der Waals surface area contributed by atoms with Gasteiger partial charge in [0.2, 0.25) is 0 Å². The third-order valence-corrected chi connectivity index (χ3v) is 3.66. The van der Waals surface area contributed by atoms with Crippen molar-refractivity contribution in [3.8, 4) is 0 Å². The number of hydrogen-bond acceptors (Lipinski definition) is 4. The van der Waals surface area contributed by atoms with Crippen molar-refractivity contribution in [2.75, 3.05) is 13.2 Å². The fourth-order valence-electron chi connectivity index (χ4n) is 2.65. The summed E-state index contributed by atoms with van der Waals surface area (Å²) >= 11 is 0. The number of amides is 1. The van der Waals surface area contributed by atoms with Crippen LogP contribution in [0.5, 0.6) is 0 Å². The van der Waals surface area contributed by atoms with Crippen molar-refractivity contribution in [1.82, 2.24) is 15.1 Å². The Balaban J connectivity index is 2.16. The van der Waals surface area contributed by atoms with Crippen LogP contribution >= 0.6 is 0 Å². The Labute approximate surface area is 113 Å². The molecule has 0 bridgehead atoms. The summed E-state index contributed by atoms with van der Waals surface area (Å²) in [5.41, 5.74) is 2.10. The maximum absolute atomic E-state index is 12.6. The fraction of sp³-hybridized carbons (Fsp3) is 0.643. The molecule has 1 atom stereocenters. The van der Waals surface area contributed by atoms with Gasteiger partial charge in [-0.2, -0.15) is 10.2 Å². The van der Waals surface area contributed by atoms with E-state index in [1.54, 1.807) is 0 Å². The number of aliphatic hydroxyl groups excluding tert-OH is 1. The second-order valence-electron chi connectivity index (χ2n) is 5.15. The van der Waals surface area contributed by atoms with Gasteiger partial charge in [0.05, 0.1) is 17.0 Å². The Hall–Kier alpha value is -1.49. The van der Waals surface area contributed by atoms with Gasteiger partial charge in [0.25, 0.3) is 5.91 Å². The number of rotatable bonds is 4. The van der Waals surface area contributed by atoms with Gasteiger partial charge in [-0.1, -0.05) is 0 Å². The normalized spacial score (nSPS) is 18.9. The number of likely N-dealkylation sites (tertiary alicyclic amines) is 1. The maximum atomic E-state index is 12.6. The molecule has 5 heteroatoms. The zero-order chi connectivity index (χ0) is 13.8. The molecular weight excluding hydrogens is 242 g/mol. The van der Waals surface area contributed by atoms with E-state index in [1.165, 1.54) is 0 Å². The fourth-order valence-corrected chi connectivity index (χ4v) is 2.65. The highest BCUT2D eigenvalue weighted by atomic mass is 16.3. The van der Waals surface area contributed by atoms with Gasteiger partial charge in [0.15, 0.2) is 0 Å². The van der Waals surface area contributed by atoms with E-state index in [1.807, 2.05) is 24.8 Å². The van der Waals surface area contributed by atoms with Gasteiger partial charge in [-0.05, 0) is 45.6 Å². The molecule has 104 valence electrons. The van der Waals surface area contributed by atoms with E-state index >= 15 is 0 Å². The van der Waals surface area contributed by atoms with Crippen LogP contribution in [0.4, 0.5) is 0 Å². The van der Waals surface area contributed by atoms with Gasteiger partial charge in [-0.3, -0.25) is 4.79 Å². The molecule has 0 aromatic carbocycles. The van der Waals surface area contributed by atoms with Gasteiger partial charge in [-0.25, -0.2) is 0 Å². The van der Waals surface area contributed by atoms with Gasteiger partial charge in [-0.15, -0.1) is 0 Å². The largest absolute Gasteiger partial charge is 0.396 e. The van der Waals surface area contributed by atoms with Crippen molar-refractivity contribution in [2.45, 2.75) is 45.6 Å². The van der Waals surface area contributed by atoms with Crippen LogP contribution in [-0.2, 0) is 0 Å². The van der Waals surface area contributed by atoms with E-state index in [9.17, 15) is 4.79 Å². The highest BCUT2D eigenvalue weighted by Crippen LogP contribution is 2.24. The predicted octanol–water partition coefficient (Wildman–Crippen LogP) is 1.47. The lowest BCUT2D eigenvalue weighted by molar-refractivity contribution is 0.0723. The van der Waals surface area contributed by atoms with Crippen LogP contribution in [-0.4, -0.2) is 45.3 Å². The van der Waals surface area contributed by atoms with E-state index in [0.717, 1.165) is 37.9 Å². The van der Waals surface area contributed by atoms with Crippen LogP contribution in [0.25, 0.3) is 0 Å². The van der Waals surface area contributed by atoms with Gasteiger partial charge in [0, 0.05) is 19.2 Å². The highest BCUT2D eigenvalue weighted by Gasteiger charge is 2.29. The molecule has 1 aromatic heterocycles. The van der Waals surface area contributed by atoms with Crippen molar-refractivity contribution in [3.05, 3.63) is 23.0 Å². The molecule has 1 aliphatic heterocycles. The van der Waals surface area contributed by atoms with E-state index in [2.05, 4.69) is 10.2 Å². The Morgan fingerprint density at radius 1 is 1.47 bits per heavy atom. The molecule has 0 aliphatic carbocycles. The topological polar surface area (TPSA) is 66.3 Å². The SMILES string of the molecule is Cc1cc(C(=O)N2CCCC2CCCO)c(C)nn1. The molecule has 19 heavy (non-hydrogen) atoms. The Morgan fingerprint density at radius 3 is 3.00 bits per heavy atom. The summed E-state index contributed by atoms with van der Waals surface area (Å²) in [7, 11) is 0. The molecule has 1 aliphatic rings. The Morgan fingerprint density at radius 2 is 2.26 bits per heavy atom. The number of carbonyl (C=O) groups is 1. The number of aromatic nitrogens is 2. The van der Waals surface area contributed by atoms with Crippen LogP contribution in [0.15, 0.2) is 6.07 Å². The van der Waals surface area contributed by atoms with Crippen LogP contribution in [0.3, 0.4) is 0 Å². The maximum Gasteiger partial charge on any atom is 0.256 e. The molecule has 1 fully saturated rings. The van der Waals surface area contributed by atoms with Crippen molar-refractivity contribution in [1.29, 1.82) is 0 Å². The quantitative estimate of drug-likeness (QED) is 0.893. The van der Waals surface area contributed by atoms with Crippen molar-refractivity contribution >= 4 is 5.91 Å². The summed E-state index contributed by atoms with van der Waals surface area (Å²) in [6.07, 6.45) is 3.69. The summed E-state index contributed by atoms with van der Waals surface area (Å²) in [5.74, 6) is 0.0518. The monoisotopic (exact) mass is 263 g/mol.